The minimum Gasteiger partial charge on any atom is -0.487 e. The third-order valence-corrected chi connectivity index (χ3v) is 8.62. The van der Waals surface area contributed by atoms with Gasteiger partial charge in [0.15, 0.2) is 0 Å². The Bertz CT molecular complexity index is 1210. The number of carboxylic acid groups (broad SMARTS) is 1. The average Bonchev–Trinajstić information content (AvgIpc) is 3.27. The van der Waals surface area contributed by atoms with E-state index in [0.717, 1.165) is 35.2 Å². The SMILES string of the molecule is CCn1cc(CCC(CC(=O)O)c2ccc(C)c(CN3C[C@@H](C)Oc4ccccc4S3(O)O)c2)cn1. The van der Waals surface area contributed by atoms with Crippen LogP contribution in [0.25, 0.3) is 0 Å². The van der Waals surface area contributed by atoms with E-state index in [0.29, 0.717) is 30.2 Å². The highest BCUT2D eigenvalue weighted by molar-refractivity contribution is 8.22. The molecule has 0 aliphatic carbocycles. The van der Waals surface area contributed by atoms with Crippen molar-refractivity contribution in [1.82, 2.24) is 14.1 Å². The molecule has 0 spiro atoms. The van der Waals surface area contributed by atoms with Crippen LogP contribution in [0.1, 0.15) is 54.9 Å². The molecule has 36 heavy (non-hydrogen) atoms. The van der Waals surface area contributed by atoms with Crippen LogP contribution in [0.4, 0.5) is 0 Å². The minimum absolute atomic E-state index is 0.0293. The Morgan fingerprint density at radius 1 is 1.25 bits per heavy atom. The van der Waals surface area contributed by atoms with Crippen LogP contribution in [-0.4, -0.2) is 46.9 Å². The lowest BCUT2D eigenvalue weighted by molar-refractivity contribution is -0.137. The summed E-state index contributed by atoms with van der Waals surface area (Å²) in [6.45, 7) is 7.39. The molecule has 1 aromatic heterocycles. The second-order valence-electron chi connectivity index (χ2n) is 9.44. The van der Waals surface area contributed by atoms with Gasteiger partial charge in [-0.25, -0.2) is 0 Å². The molecule has 8 nitrogen and oxygen atoms in total. The Morgan fingerprint density at radius 2 is 2.03 bits per heavy atom. The molecule has 1 aliphatic heterocycles. The first-order valence-electron chi connectivity index (χ1n) is 12.3. The minimum atomic E-state index is -3.26. The van der Waals surface area contributed by atoms with Crippen molar-refractivity contribution in [3.8, 4) is 5.75 Å². The summed E-state index contributed by atoms with van der Waals surface area (Å²) in [5.74, 6) is -0.513. The molecule has 3 aromatic rings. The van der Waals surface area contributed by atoms with E-state index in [9.17, 15) is 19.0 Å². The van der Waals surface area contributed by atoms with Crippen molar-refractivity contribution in [3.63, 3.8) is 0 Å². The van der Waals surface area contributed by atoms with E-state index in [2.05, 4.69) is 5.10 Å². The summed E-state index contributed by atoms with van der Waals surface area (Å²) in [7, 11) is -3.26. The Hall–Kier alpha value is -2.85. The monoisotopic (exact) mass is 513 g/mol. The van der Waals surface area contributed by atoms with Gasteiger partial charge in [0, 0.05) is 19.3 Å². The normalized spacial score (nSPS) is 19.1. The predicted molar refractivity (Wildman–Crippen MR) is 140 cm³/mol. The van der Waals surface area contributed by atoms with Gasteiger partial charge in [0.1, 0.15) is 16.7 Å². The lowest BCUT2D eigenvalue weighted by Crippen LogP contribution is -2.33. The van der Waals surface area contributed by atoms with Gasteiger partial charge in [-0.3, -0.25) is 18.6 Å². The van der Waals surface area contributed by atoms with Crippen molar-refractivity contribution < 1.29 is 23.7 Å². The number of ether oxygens (including phenoxy) is 1. The van der Waals surface area contributed by atoms with E-state index in [1.54, 1.807) is 22.5 Å². The molecule has 0 amide bonds. The Kier molecular flexibility index (Phi) is 8.04. The summed E-state index contributed by atoms with van der Waals surface area (Å²) < 4.78 is 32.0. The summed E-state index contributed by atoms with van der Waals surface area (Å²) in [6.07, 6.45) is 5.06. The number of fused-ring (bicyclic) bond motifs is 1. The maximum Gasteiger partial charge on any atom is 0.303 e. The zero-order valence-electron chi connectivity index (χ0n) is 21.0. The fraction of sp³-hybridized carbons (Fsp3) is 0.407. The zero-order valence-corrected chi connectivity index (χ0v) is 21.8. The second-order valence-corrected chi connectivity index (χ2v) is 11.4. The van der Waals surface area contributed by atoms with Gasteiger partial charge in [-0.1, -0.05) is 30.3 Å². The van der Waals surface area contributed by atoms with E-state index in [-0.39, 0.29) is 18.4 Å². The van der Waals surface area contributed by atoms with Crippen LogP contribution in [0.5, 0.6) is 5.75 Å². The number of carbonyl (C=O) groups is 1. The Morgan fingerprint density at radius 3 is 2.75 bits per heavy atom. The first-order chi connectivity index (χ1) is 17.2. The number of benzene rings is 2. The van der Waals surface area contributed by atoms with Gasteiger partial charge in [-0.05, 0) is 73.9 Å². The van der Waals surface area contributed by atoms with Gasteiger partial charge >= 0.3 is 5.97 Å². The van der Waals surface area contributed by atoms with Crippen molar-refractivity contribution >= 4 is 16.7 Å². The van der Waals surface area contributed by atoms with E-state index in [4.69, 9.17) is 4.74 Å². The third kappa shape index (κ3) is 5.92. The van der Waals surface area contributed by atoms with Crippen LogP contribution in [0.2, 0.25) is 0 Å². The smallest absolute Gasteiger partial charge is 0.303 e. The van der Waals surface area contributed by atoms with Crippen LogP contribution in [-0.2, 0) is 24.3 Å². The molecule has 0 saturated carbocycles. The molecular formula is C27H35N3O5S. The van der Waals surface area contributed by atoms with E-state index in [1.807, 2.05) is 62.1 Å². The summed E-state index contributed by atoms with van der Waals surface area (Å²) >= 11 is 0. The molecular weight excluding hydrogens is 478 g/mol. The quantitative estimate of drug-likeness (QED) is 0.336. The largest absolute Gasteiger partial charge is 0.487 e. The number of hydrogen-bond donors (Lipinski definition) is 3. The van der Waals surface area contributed by atoms with Gasteiger partial charge in [0.25, 0.3) is 0 Å². The fourth-order valence-electron chi connectivity index (χ4n) is 4.66. The number of aryl methyl sites for hydroxylation is 3. The molecule has 0 saturated heterocycles. The maximum absolute atomic E-state index is 11.7. The maximum atomic E-state index is 11.7. The molecule has 2 atom stereocenters. The number of rotatable bonds is 9. The van der Waals surface area contributed by atoms with E-state index >= 15 is 0 Å². The highest BCUT2D eigenvalue weighted by Crippen LogP contribution is 2.57. The standard InChI is InChI=1S/C27H35N3O5S/c1-4-29-17-21(15-28-29)10-12-23(14-27(31)32)22-11-9-19(2)24(13-22)18-30-16-20(3)35-25-7-5-6-8-26(25)36(30,33)34/h5-9,11,13,15,17,20,23,33-34H,4,10,12,14,16,18H2,1-3H3,(H,31,32)/t20-,23?/m1/s1. The number of aromatic nitrogens is 2. The number of aliphatic carboxylic acids is 1. The molecule has 194 valence electrons. The Balaban J connectivity index is 1.59. The number of para-hydroxylation sites is 1. The lowest BCUT2D eigenvalue weighted by atomic mass is 9.88. The van der Waals surface area contributed by atoms with Crippen molar-refractivity contribution in [1.29, 1.82) is 0 Å². The highest BCUT2D eigenvalue weighted by Gasteiger charge is 2.34. The fourth-order valence-corrected chi connectivity index (χ4v) is 6.33. The van der Waals surface area contributed by atoms with Gasteiger partial charge in [0.2, 0.25) is 0 Å². The number of carboxylic acids is 1. The number of hydrogen-bond acceptors (Lipinski definition) is 6. The van der Waals surface area contributed by atoms with Crippen LogP contribution < -0.4 is 4.74 Å². The first kappa shape index (κ1) is 26.2. The lowest BCUT2D eigenvalue weighted by Gasteiger charge is -2.42. The van der Waals surface area contributed by atoms with Gasteiger partial charge in [-0.15, -0.1) is 10.8 Å². The summed E-state index contributed by atoms with van der Waals surface area (Å²) in [5, 5.41) is 13.9. The topological polar surface area (TPSA) is 108 Å². The van der Waals surface area contributed by atoms with Crippen LogP contribution >= 0.6 is 10.8 Å². The highest BCUT2D eigenvalue weighted by atomic mass is 32.3. The molecule has 9 heteroatoms. The zero-order chi connectivity index (χ0) is 25.9. The van der Waals surface area contributed by atoms with Crippen LogP contribution in [0.3, 0.4) is 0 Å². The van der Waals surface area contributed by atoms with Crippen molar-refractivity contribution in [2.75, 3.05) is 6.54 Å². The molecule has 0 bridgehead atoms. The van der Waals surface area contributed by atoms with Crippen molar-refractivity contribution in [2.24, 2.45) is 0 Å². The molecule has 2 heterocycles. The second kappa shape index (κ2) is 11.0. The van der Waals surface area contributed by atoms with Crippen molar-refractivity contribution in [2.45, 2.75) is 70.0 Å². The van der Waals surface area contributed by atoms with E-state index < -0.39 is 16.7 Å². The summed E-state index contributed by atoms with van der Waals surface area (Å²) in [6, 6.07) is 13.1. The van der Waals surface area contributed by atoms with Crippen LogP contribution in [0, 0.1) is 6.92 Å². The molecule has 2 aromatic carbocycles. The number of nitrogens with zero attached hydrogens (tertiary/aromatic N) is 3. The Labute approximate surface area is 214 Å². The molecule has 4 rings (SSSR count). The van der Waals surface area contributed by atoms with E-state index in [1.165, 1.54) is 0 Å². The molecule has 0 fully saturated rings. The molecule has 1 unspecified atom stereocenters. The molecule has 1 aliphatic rings. The summed E-state index contributed by atoms with van der Waals surface area (Å²) in [4.78, 5) is 12.1. The van der Waals surface area contributed by atoms with Gasteiger partial charge in [0.05, 0.1) is 19.2 Å². The first-order valence-corrected chi connectivity index (χ1v) is 13.8. The van der Waals surface area contributed by atoms with Gasteiger partial charge in [-0.2, -0.15) is 9.40 Å². The van der Waals surface area contributed by atoms with Crippen LogP contribution in [0.15, 0.2) is 59.8 Å². The summed E-state index contributed by atoms with van der Waals surface area (Å²) in [5.41, 5.74) is 3.98. The van der Waals surface area contributed by atoms with Gasteiger partial charge < -0.3 is 9.84 Å². The third-order valence-electron chi connectivity index (χ3n) is 6.70. The average molecular weight is 514 g/mol. The molecule has 3 N–H and O–H groups in total. The van der Waals surface area contributed by atoms with Crippen molar-refractivity contribution in [3.05, 3.63) is 77.1 Å². The molecule has 0 radical (unpaired) electrons. The predicted octanol–water partition coefficient (Wildman–Crippen LogP) is 5.71.